The Hall–Kier alpha value is -7.37. The lowest BCUT2D eigenvalue weighted by molar-refractivity contribution is -0.143. The van der Waals surface area contributed by atoms with E-state index in [0.717, 1.165) is 160 Å². The van der Waals surface area contributed by atoms with Crippen LogP contribution in [0.4, 0.5) is 0 Å². The van der Waals surface area contributed by atoms with Gasteiger partial charge in [0.2, 0.25) is 0 Å². The fourth-order valence-corrected chi connectivity index (χ4v) is 20.0. The van der Waals surface area contributed by atoms with Crippen molar-refractivity contribution in [3.05, 3.63) is 212 Å². The summed E-state index contributed by atoms with van der Waals surface area (Å²) in [5, 5.41) is 104. The number of phenols is 4. The molecule has 10 rings (SSSR count). The Morgan fingerprint density at radius 1 is 0.457 bits per heavy atom. The van der Waals surface area contributed by atoms with Gasteiger partial charge in [-0.15, -0.1) is 0 Å². The summed E-state index contributed by atoms with van der Waals surface area (Å²) in [7, 11) is 0. The van der Waals surface area contributed by atoms with E-state index in [1.165, 1.54) is 92.1 Å². The zero-order chi connectivity index (χ0) is 85.8. The monoisotopic (exact) mass is 1600 g/mol. The molecule has 116 heavy (non-hydrogen) atoms. The second-order valence-corrected chi connectivity index (χ2v) is 37.6. The number of rotatable bonds is 30. The lowest BCUT2D eigenvalue weighted by atomic mass is 9.67. The van der Waals surface area contributed by atoms with E-state index >= 15 is 0 Å². The molecule has 15 atom stereocenters. The summed E-state index contributed by atoms with van der Waals surface area (Å²) in [5.41, 5.74) is 15.9. The van der Waals surface area contributed by atoms with Crippen molar-refractivity contribution in [2.24, 2.45) is 76.4 Å². The predicted octanol–water partition coefficient (Wildman–Crippen LogP) is 29.0. The van der Waals surface area contributed by atoms with Crippen LogP contribution >= 0.6 is 0 Å². The highest BCUT2D eigenvalue weighted by molar-refractivity contribution is 5.70. The summed E-state index contributed by atoms with van der Waals surface area (Å²) in [6, 6.07) is 16.5. The number of aliphatic hydroxyl groups excluding tert-OH is 5. The van der Waals surface area contributed by atoms with Crippen molar-refractivity contribution in [3.63, 3.8) is 0 Å². The highest BCUT2D eigenvalue weighted by Crippen LogP contribution is 2.53. The number of carboxylic acids is 1. The standard InChI is InChI=1S/C25H40O2.C20H28O4.C20H30O3.C20H30O2.C20H30/c1-7-8-9-10-13-25(5,6)19-15-22(26)24(23(27)16-19)21-14-18(4)11-12-20(21)17(2)3;1-4-5-6-13-9-17(21)19(18(22)10-13)16-11-14(20(23)24)7-8-15(16)12(2)3;1-4-5-6-14-10-18(22)20(19(23)11-14)17-9-15(12-21)7-8-16(17)13(2)3;1-5-6-7-15-11-18(21)20(19(22)12-15)17-10-14(4)8-9-16(17)13(2)3;1-5-6-7-17-9-11-18(12-10-17)20-14-16(4)8-13-19(20)15(2)3/h14-15,19-21,26-27H,2,7-13,16H2,1,3-6H3;9-10,14-16,21-22H,2,4-8,11H2,1,3H3,(H,23,24);10-11,15-17,21-23H,2,4-9,12H2,1,3H3;10-11,15-17,21-22H,2,5-9,12H2,1,3-4H3;9-12,16,19-20H,2,5-8,13-14H2,1,3-4H3/t19?,20-,21?;14?,15-,16?;2*15?,16-,17?;16?,19-,20?/m00000/s1. The quantitative estimate of drug-likeness (QED) is 0.0224. The van der Waals surface area contributed by atoms with Crippen LogP contribution in [0, 0.1) is 76.4 Å². The lowest BCUT2D eigenvalue weighted by Crippen LogP contribution is -2.29. The Labute approximate surface area is 703 Å². The molecular weight excluding hydrogens is 1440 g/mol. The summed E-state index contributed by atoms with van der Waals surface area (Å²) in [4.78, 5) is 11.4. The van der Waals surface area contributed by atoms with Crippen molar-refractivity contribution in [3.8, 4) is 23.0 Å². The third-order valence-corrected chi connectivity index (χ3v) is 27.3. The van der Waals surface area contributed by atoms with E-state index in [0.29, 0.717) is 78.4 Å². The van der Waals surface area contributed by atoms with Gasteiger partial charge in [0.05, 0.1) is 5.92 Å². The molecule has 3 aromatic carbocycles. The minimum Gasteiger partial charge on any atom is -0.512 e. The maximum absolute atomic E-state index is 11.4. The fourth-order valence-electron chi connectivity index (χ4n) is 20.0. The molecule has 0 saturated heterocycles. The Bertz CT molecular complexity index is 3870. The first-order chi connectivity index (χ1) is 55.0. The molecule has 11 nitrogen and oxygen atoms in total. The molecule has 10 unspecified atom stereocenters. The van der Waals surface area contributed by atoms with Crippen molar-refractivity contribution < 1.29 is 55.9 Å². The van der Waals surface area contributed by atoms with E-state index in [2.05, 4.69) is 159 Å². The minimum absolute atomic E-state index is 0.0265. The molecule has 3 fully saturated rings. The molecule has 0 heterocycles. The number of unbranched alkanes of at least 4 members (excludes halogenated alkanes) is 7. The molecule has 0 bridgehead atoms. The van der Waals surface area contributed by atoms with Gasteiger partial charge in [0, 0.05) is 53.6 Å². The first-order valence-corrected chi connectivity index (χ1v) is 45.3. The number of carboxylic acid groups (broad SMARTS) is 1. The number of allylic oxidation sites excluding steroid dienone is 15. The minimum atomic E-state index is -0.807. The van der Waals surface area contributed by atoms with Crippen molar-refractivity contribution in [2.45, 2.75) is 327 Å². The summed E-state index contributed by atoms with van der Waals surface area (Å²) < 4.78 is 0. The van der Waals surface area contributed by atoms with E-state index in [1.54, 1.807) is 24.3 Å². The number of aryl methyl sites for hydroxylation is 3. The fraction of sp³-hybridized carbons (Fsp3) is 0.610. The number of aromatic hydroxyl groups is 4. The number of benzene rings is 3. The van der Waals surface area contributed by atoms with Gasteiger partial charge in [-0.3, -0.25) is 4.79 Å². The maximum Gasteiger partial charge on any atom is 0.306 e. The van der Waals surface area contributed by atoms with E-state index in [9.17, 15) is 55.9 Å². The molecule has 0 amide bonds. The van der Waals surface area contributed by atoms with Gasteiger partial charge in [-0.05, 0) is 312 Å². The third-order valence-electron chi connectivity index (χ3n) is 27.3. The van der Waals surface area contributed by atoms with Crippen molar-refractivity contribution >= 4 is 5.97 Å². The van der Waals surface area contributed by atoms with Gasteiger partial charge in [-0.25, -0.2) is 0 Å². The van der Waals surface area contributed by atoms with Crippen LogP contribution in [-0.2, 0) is 24.1 Å². The Morgan fingerprint density at radius 2 is 0.879 bits per heavy atom. The third kappa shape index (κ3) is 27.9. The van der Waals surface area contributed by atoms with E-state index in [-0.39, 0.29) is 99.8 Å². The number of carbonyl (C=O) groups is 1. The summed E-state index contributed by atoms with van der Waals surface area (Å²) in [6.07, 6.45) is 41.5. The normalized spacial score (nSPS) is 26.1. The van der Waals surface area contributed by atoms with Crippen molar-refractivity contribution in [2.75, 3.05) is 6.61 Å². The van der Waals surface area contributed by atoms with Crippen LogP contribution in [0.1, 0.15) is 341 Å². The van der Waals surface area contributed by atoms with Gasteiger partial charge in [-0.1, -0.05) is 228 Å². The summed E-state index contributed by atoms with van der Waals surface area (Å²) >= 11 is 0. The predicted molar refractivity (Wildman–Crippen MR) is 486 cm³/mol. The van der Waals surface area contributed by atoms with Gasteiger partial charge < -0.3 is 51.1 Å². The summed E-state index contributed by atoms with van der Waals surface area (Å²) in [5.74, 6) is 4.36. The Balaban J connectivity index is 0.000000226. The molecule has 10 N–H and O–H groups in total. The molecule has 3 saturated carbocycles. The van der Waals surface area contributed by atoms with Crippen molar-refractivity contribution in [1.29, 1.82) is 0 Å². The number of phenolic OH excluding ortho intramolecular Hbond substituents is 4. The van der Waals surface area contributed by atoms with Crippen LogP contribution in [0.5, 0.6) is 23.0 Å². The molecule has 3 aromatic rings. The highest BCUT2D eigenvalue weighted by Gasteiger charge is 2.42. The van der Waals surface area contributed by atoms with Gasteiger partial charge in [0.25, 0.3) is 0 Å². The summed E-state index contributed by atoms with van der Waals surface area (Å²) in [6.45, 7) is 53.2. The molecule has 7 aliphatic carbocycles. The SMILES string of the molecule is C=C(C)[C@@H]1CCC(C(=O)O)CC1c1c(O)cc(CCCC)cc1O.C=C(C)[C@@H]1CCC(C)=CC1C1=C(O)CC(C(C)(C)CCCCCC)C=C1O.C=C(C)[C@@H]1CCC(C)=CC1C1=C(O)CC(CCCC)C=C1O.C=C(C)[C@@H]1CCC(C)CC1c1ccc(CCCC)cc1.C=C(C)[C@@H]1CCC(CO)CC1c1c(O)cc(CCCC)cc1O. The second kappa shape index (κ2) is 47.4. The smallest absolute Gasteiger partial charge is 0.306 e. The molecule has 0 aromatic heterocycles. The van der Waals surface area contributed by atoms with Crippen LogP contribution in [-0.4, -0.2) is 63.6 Å². The van der Waals surface area contributed by atoms with Crippen LogP contribution < -0.4 is 0 Å². The zero-order valence-corrected chi connectivity index (χ0v) is 74.8. The van der Waals surface area contributed by atoms with Gasteiger partial charge in [0.1, 0.15) is 46.0 Å². The molecule has 0 aliphatic heterocycles. The van der Waals surface area contributed by atoms with Crippen LogP contribution in [0.3, 0.4) is 0 Å². The number of hydrogen-bond donors (Lipinski definition) is 10. The average Bonchev–Trinajstić information content (AvgIpc) is 0.795. The molecular formula is C105H158O11. The molecule has 644 valence electrons. The van der Waals surface area contributed by atoms with E-state index < -0.39 is 11.9 Å². The van der Waals surface area contributed by atoms with Gasteiger partial charge in [-0.2, -0.15) is 0 Å². The van der Waals surface area contributed by atoms with E-state index in [1.807, 2.05) is 26.0 Å². The maximum atomic E-state index is 11.4. The number of aliphatic hydroxyl groups is 5. The first-order valence-electron chi connectivity index (χ1n) is 45.3. The van der Waals surface area contributed by atoms with Gasteiger partial charge >= 0.3 is 5.97 Å². The largest absolute Gasteiger partial charge is 0.512 e. The molecule has 0 spiro atoms. The Kier molecular flexibility index (Phi) is 39.8. The van der Waals surface area contributed by atoms with Crippen LogP contribution in [0.25, 0.3) is 0 Å². The molecule has 7 aliphatic rings. The zero-order valence-electron chi connectivity index (χ0n) is 74.8. The first kappa shape index (κ1) is 97.5. The van der Waals surface area contributed by atoms with E-state index in [4.69, 9.17) is 0 Å². The lowest BCUT2D eigenvalue weighted by Gasteiger charge is -2.38. The topological polar surface area (TPSA) is 219 Å². The number of hydrogen-bond acceptors (Lipinski definition) is 10. The Morgan fingerprint density at radius 3 is 1.31 bits per heavy atom. The molecule has 11 heteroatoms. The number of aliphatic carboxylic acids is 1. The van der Waals surface area contributed by atoms with Crippen LogP contribution in [0.15, 0.2) is 179 Å². The van der Waals surface area contributed by atoms with Crippen molar-refractivity contribution in [1.82, 2.24) is 0 Å². The average molecular weight is 1600 g/mol. The van der Waals surface area contributed by atoms with Crippen LogP contribution in [0.2, 0.25) is 0 Å². The molecule has 0 radical (unpaired) electrons. The van der Waals surface area contributed by atoms with Gasteiger partial charge in [0.15, 0.2) is 0 Å². The second-order valence-electron chi connectivity index (χ2n) is 37.6. The highest BCUT2D eigenvalue weighted by atomic mass is 16.4.